The molecule has 1 saturated carbocycles. The third-order valence-electron chi connectivity index (χ3n) is 3.16. The van der Waals surface area contributed by atoms with E-state index in [0.29, 0.717) is 0 Å². The lowest BCUT2D eigenvalue weighted by molar-refractivity contribution is -0.143. The van der Waals surface area contributed by atoms with Crippen LogP contribution in [0.1, 0.15) is 38.1 Å². The number of hydrogen-bond acceptors (Lipinski definition) is 2. The Balaban J connectivity index is 2.20. The molecule has 0 radical (unpaired) electrons. The summed E-state index contributed by atoms with van der Waals surface area (Å²) in [6.07, 6.45) is 8.55. The molecule has 0 saturated heterocycles. The SMILES string of the molecule is O=C(O)C1CCCCCC1n1cccn1. The molecule has 1 fully saturated rings. The van der Waals surface area contributed by atoms with Crippen LogP contribution in [0.15, 0.2) is 18.5 Å². The third kappa shape index (κ3) is 2.19. The van der Waals surface area contributed by atoms with Crippen molar-refractivity contribution in [3.63, 3.8) is 0 Å². The summed E-state index contributed by atoms with van der Waals surface area (Å²) >= 11 is 0. The normalized spacial score (nSPS) is 27.2. The number of carboxylic acids is 1. The van der Waals surface area contributed by atoms with Gasteiger partial charge in [-0.3, -0.25) is 9.48 Å². The molecule has 4 nitrogen and oxygen atoms in total. The first-order valence-corrected chi connectivity index (χ1v) is 5.51. The van der Waals surface area contributed by atoms with Crippen LogP contribution in [0.4, 0.5) is 0 Å². The van der Waals surface area contributed by atoms with Gasteiger partial charge in [-0.15, -0.1) is 0 Å². The lowest BCUT2D eigenvalue weighted by Crippen LogP contribution is -2.25. The van der Waals surface area contributed by atoms with Gasteiger partial charge in [0.25, 0.3) is 0 Å². The highest BCUT2D eigenvalue weighted by atomic mass is 16.4. The van der Waals surface area contributed by atoms with Crippen molar-refractivity contribution in [2.24, 2.45) is 5.92 Å². The van der Waals surface area contributed by atoms with Crippen LogP contribution in [0, 0.1) is 5.92 Å². The molecule has 1 aromatic heterocycles. The largest absolute Gasteiger partial charge is 0.481 e. The first kappa shape index (κ1) is 10.2. The maximum atomic E-state index is 11.2. The Hall–Kier alpha value is -1.32. The predicted molar refractivity (Wildman–Crippen MR) is 55.5 cm³/mol. The van der Waals surface area contributed by atoms with Crippen LogP contribution < -0.4 is 0 Å². The molecule has 1 N–H and O–H groups in total. The molecule has 0 bridgehead atoms. The fourth-order valence-corrected chi connectivity index (χ4v) is 2.37. The van der Waals surface area contributed by atoms with Crippen LogP contribution in [-0.4, -0.2) is 20.9 Å². The number of hydrogen-bond donors (Lipinski definition) is 1. The van der Waals surface area contributed by atoms with Gasteiger partial charge in [0.2, 0.25) is 0 Å². The van der Waals surface area contributed by atoms with E-state index >= 15 is 0 Å². The summed E-state index contributed by atoms with van der Waals surface area (Å²) in [6, 6.07) is 1.89. The topological polar surface area (TPSA) is 55.1 Å². The first-order chi connectivity index (χ1) is 7.29. The monoisotopic (exact) mass is 208 g/mol. The summed E-state index contributed by atoms with van der Waals surface area (Å²) < 4.78 is 1.81. The zero-order valence-electron chi connectivity index (χ0n) is 8.67. The van der Waals surface area contributed by atoms with E-state index < -0.39 is 5.97 Å². The average Bonchev–Trinajstić information content (AvgIpc) is 2.61. The van der Waals surface area contributed by atoms with Crippen molar-refractivity contribution >= 4 is 5.97 Å². The van der Waals surface area contributed by atoms with Crippen molar-refractivity contribution in [1.29, 1.82) is 0 Å². The highest BCUT2D eigenvalue weighted by Gasteiger charge is 2.30. The summed E-state index contributed by atoms with van der Waals surface area (Å²) in [5, 5.41) is 13.4. The molecule has 15 heavy (non-hydrogen) atoms. The van der Waals surface area contributed by atoms with E-state index in [1.165, 1.54) is 0 Å². The second-order valence-electron chi connectivity index (χ2n) is 4.14. The van der Waals surface area contributed by atoms with Crippen LogP contribution >= 0.6 is 0 Å². The van der Waals surface area contributed by atoms with Crippen molar-refractivity contribution in [2.45, 2.75) is 38.1 Å². The van der Waals surface area contributed by atoms with E-state index in [4.69, 9.17) is 0 Å². The van der Waals surface area contributed by atoms with Crippen LogP contribution in [0.2, 0.25) is 0 Å². The van der Waals surface area contributed by atoms with Crippen LogP contribution in [0.3, 0.4) is 0 Å². The maximum Gasteiger partial charge on any atom is 0.308 e. The Morgan fingerprint density at radius 1 is 1.33 bits per heavy atom. The van der Waals surface area contributed by atoms with Gasteiger partial charge >= 0.3 is 5.97 Å². The minimum absolute atomic E-state index is 0.0417. The average molecular weight is 208 g/mol. The molecular formula is C11H16N2O2. The van der Waals surface area contributed by atoms with Gasteiger partial charge in [0, 0.05) is 12.4 Å². The zero-order valence-corrected chi connectivity index (χ0v) is 8.67. The Morgan fingerprint density at radius 2 is 2.13 bits per heavy atom. The number of carbonyl (C=O) groups is 1. The van der Waals surface area contributed by atoms with Gasteiger partial charge in [-0.25, -0.2) is 0 Å². The van der Waals surface area contributed by atoms with Gasteiger partial charge in [-0.2, -0.15) is 5.10 Å². The smallest absolute Gasteiger partial charge is 0.308 e. The van der Waals surface area contributed by atoms with E-state index in [0.717, 1.165) is 32.1 Å². The van der Waals surface area contributed by atoms with Crippen molar-refractivity contribution < 1.29 is 9.90 Å². The Morgan fingerprint density at radius 3 is 2.80 bits per heavy atom. The molecule has 4 heteroatoms. The molecule has 1 aliphatic carbocycles. The number of rotatable bonds is 2. The molecule has 1 aliphatic rings. The van der Waals surface area contributed by atoms with E-state index in [-0.39, 0.29) is 12.0 Å². The molecule has 1 heterocycles. The third-order valence-corrected chi connectivity index (χ3v) is 3.16. The van der Waals surface area contributed by atoms with Gasteiger partial charge in [0.05, 0.1) is 12.0 Å². The minimum atomic E-state index is -0.683. The van der Waals surface area contributed by atoms with E-state index in [1.807, 2.05) is 16.9 Å². The van der Waals surface area contributed by atoms with Crippen LogP contribution in [0.5, 0.6) is 0 Å². The molecule has 0 spiro atoms. The molecule has 0 aliphatic heterocycles. The molecule has 1 aromatic rings. The van der Waals surface area contributed by atoms with Gasteiger partial charge in [-0.05, 0) is 18.9 Å². The summed E-state index contributed by atoms with van der Waals surface area (Å²) in [7, 11) is 0. The molecule has 0 amide bonds. The highest BCUT2D eigenvalue weighted by molar-refractivity contribution is 5.70. The molecule has 2 unspecified atom stereocenters. The van der Waals surface area contributed by atoms with Crippen LogP contribution in [0.25, 0.3) is 0 Å². The number of nitrogens with zero attached hydrogens (tertiary/aromatic N) is 2. The van der Waals surface area contributed by atoms with E-state index in [9.17, 15) is 9.90 Å². The fraction of sp³-hybridized carbons (Fsp3) is 0.636. The number of carboxylic acid groups (broad SMARTS) is 1. The molecule has 82 valence electrons. The summed E-state index contributed by atoms with van der Waals surface area (Å²) in [5.41, 5.74) is 0. The van der Waals surface area contributed by atoms with Gasteiger partial charge in [0.1, 0.15) is 0 Å². The standard InChI is InChI=1S/C11H16N2O2/c14-11(15)9-5-2-1-3-6-10(9)13-8-4-7-12-13/h4,7-10H,1-3,5-6H2,(H,14,15). The zero-order chi connectivity index (χ0) is 10.7. The highest BCUT2D eigenvalue weighted by Crippen LogP contribution is 2.32. The number of aliphatic carboxylic acids is 1. The summed E-state index contributed by atoms with van der Waals surface area (Å²) in [6.45, 7) is 0. The minimum Gasteiger partial charge on any atom is -0.481 e. The first-order valence-electron chi connectivity index (χ1n) is 5.51. The Kier molecular flexibility index (Phi) is 3.04. The second-order valence-corrected chi connectivity index (χ2v) is 4.14. The van der Waals surface area contributed by atoms with E-state index in [1.54, 1.807) is 6.20 Å². The van der Waals surface area contributed by atoms with E-state index in [2.05, 4.69) is 5.10 Å². The van der Waals surface area contributed by atoms with Crippen molar-refractivity contribution in [3.05, 3.63) is 18.5 Å². The lowest BCUT2D eigenvalue weighted by atomic mass is 9.95. The Labute approximate surface area is 88.9 Å². The molecular weight excluding hydrogens is 192 g/mol. The van der Waals surface area contributed by atoms with Gasteiger partial charge in [-0.1, -0.05) is 19.3 Å². The Bertz CT molecular complexity index is 321. The fourth-order valence-electron chi connectivity index (χ4n) is 2.37. The maximum absolute atomic E-state index is 11.2. The quantitative estimate of drug-likeness (QED) is 0.757. The van der Waals surface area contributed by atoms with Crippen LogP contribution in [-0.2, 0) is 4.79 Å². The van der Waals surface area contributed by atoms with Crippen molar-refractivity contribution in [1.82, 2.24) is 9.78 Å². The van der Waals surface area contributed by atoms with Gasteiger partial charge in [0.15, 0.2) is 0 Å². The molecule has 2 atom stereocenters. The van der Waals surface area contributed by atoms with Crippen molar-refractivity contribution in [3.8, 4) is 0 Å². The summed E-state index contributed by atoms with van der Waals surface area (Å²) in [5.74, 6) is -0.954. The second kappa shape index (κ2) is 4.47. The van der Waals surface area contributed by atoms with Gasteiger partial charge < -0.3 is 5.11 Å². The lowest BCUT2D eigenvalue weighted by Gasteiger charge is -2.21. The molecule has 2 rings (SSSR count). The van der Waals surface area contributed by atoms with Crippen molar-refractivity contribution in [2.75, 3.05) is 0 Å². The number of aromatic nitrogens is 2. The predicted octanol–water partition coefficient (Wildman–Crippen LogP) is 2.09. The summed E-state index contributed by atoms with van der Waals surface area (Å²) in [4.78, 5) is 11.2. The molecule has 0 aromatic carbocycles.